The van der Waals surface area contributed by atoms with E-state index in [9.17, 15) is 4.39 Å². The summed E-state index contributed by atoms with van der Waals surface area (Å²) >= 11 is 0. The van der Waals surface area contributed by atoms with E-state index in [0.717, 1.165) is 11.1 Å². The number of nitriles is 1. The van der Waals surface area contributed by atoms with Gasteiger partial charge in [-0.25, -0.2) is 4.39 Å². The van der Waals surface area contributed by atoms with Crippen LogP contribution in [0.2, 0.25) is 0 Å². The van der Waals surface area contributed by atoms with Gasteiger partial charge in [-0.1, -0.05) is 24.3 Å². The van der Waals surface area contributed by atoms with Crippen LogP contribution in [0.15, 0.2) is 42.5 Å². The highest BCUT2D eigenvalue weighted by Gasteiger charge is 2.07. The van der Waals surface area contributed by atoms with E-state index in [4.69, 9.17) is 11.0 Å². The lowest BCUT2D eigenvalue weighted by Gasteiger charge is -2.06. The third kappa shape index (κ3) is 1.73. The molecular weight excluding hydrogens is 203 g/mol. The number of nitrogens with zero attached hydrogens (tertiary/aromatic N) is 1. The van der Waals surface area contributed by atoms with E-state index in [1.54, 1.807) is 30.3 Å². The molecule has 2 N–H and O–H groups in total. The fourth-order valence-electron chi connectivity index (χ4n) is 1.56. The fraction of sp³-hybridized carbons (Fsp3) is 0. The number of hydrogen-bond donors (Lipinski definition) is 1. The second-order valence-electron chi connectivity index (χ2n) is 3.39. The van der Waals surface area contributed by atoms with Gasteiger partial charge in [0.25, 0.3) is 0 Å². The zero-order chi connectivity index (χ0) is 11.5. The third-order valence-corrected chi connectivity index (χ3v) is 2.36. The SMILES string of the molecule is N#Cc1c(N)cccc1-c1ccc(F)cc1. The maximum atomic E-state index is 12.8. The third-order valence-electron chi connectivity index (χ3n) is 2.36. The highest BCUT2D eigenvalue weighted by Crippen LogP contribution is 2.27. The van der Waals surface area contributed by atoms with Gasteiger partial charge in [0.05, 0.1) is 11.3 Å². The average molecular weight is 212 g/mol. The minimum atomic E-state index is -0.300. The van der Waals surface area contributed by atoms with Gasteiger partial charge in [0.2, 0.25) is 0 Å². The van der Waals surface area contributed by atoms with Gasteiger partial charge >= 0.3 is 0 Å². The van der Waals surface area contributed by atoms with Crippen molar-refractivity contribution in [1.82, 2.24) is 0 Å². The number of nitrogens with two attached hydrogens (primary N) is 1. The molecule has 2 nitrogen and oxygen atoms in total. The number of anilines is 1. The van der Waals surface area contributed by atoms with Crippen molar-refractivity contribution in [3.8, 4) is 17.2 Å². The number of rotatable bonds is 1. The first kappa shape index (κ1) is 10.2. The molecule has 2 rings (SSSR count). The van der Waals surface area contributed by atoms with Crippen LogP contribution in [0.25, 0.3) is 11.1 Å². The molecule has 78 valence electrons. The standard InChI is InChI=1S/C13H9FN2/c14-10-6-4-9(5-7-10)11-2-1-3-13(16)12(11)8-15/h1-7H,16H2. The number of halogens is 1. The molecule has 0 aliphatic carbocycles. The van der Waals surface area contributed by atoms with Crippen molar-refractivity contribution in [2.75, 3.05) is 5.73 Å². The van der Waals surface area contributed by atoms with Gasteiger partial charge in [-0.2, -0.15) is 5.26 Å². The molecule has 16 heavy (non-hydrogen) atoms. The van der Waals surface area contributed by atoms with Gasteiger partial charge in [0, 0.05) is 5.56 Å². The molecular formula is C13H9FN2. The fourth-order valence-corrected chi connectivity index (χ4v) is 1.56. The summed E-state index contributed by atoms with van der Waals surface area (Å²) in [7, 11) is 0. The molecule has 0 radical (unpaired) electrons. The van der Waals surface area contributed by atoms with Crippen molar-refractivity contribution in [3.63, 3.8) is 0 Å². The monoisotopic (exact) mass is 212 g/mol. The van der Waals surface area contributed by atoms with E-state index >= 15 is 0 Å². The lowest BCUT2D eigenvalue weighted by Crippen LogP contribution is -1.93. The minimum Gasteiger partial charge on any atom is -0.398 e. The summed E-state index contributed by atoms with van der Waals surface area (Å²) in [5.41, 5.74) is 8.07. The van der Waals surface area contributed by atoms with Crippen LogP contribution in [-0.4, -0.2) is 0 Å². The van der Waals surface area contributed by atoms with Gasteiger partial charge in [-0.15, -0.1) is 0 Å². The van der Waals surface area contributed by atoms with Crippen molar-refractivity contribution in [3.05, 3.63) is 53.8 Å². The molecule has 0 spiro atoms. The van der Waals surface area contributed by atoms with Crippen molar-refractivity contribution < 1.29 is 4.39 Å². The predicted octanol–water partition coefficient (Wildman–Crippen LogP) is 2.95. The Balaban J connectivity index is 2.61. The highest BCUT2D eigenvalue weighted by molar-refractivity contribution is 5.76. The molecule has 0 saturated heterocycles. The molecule has 0 heterocycles. The first-order valence-corrected chi connectivity index (χ1v) is 4.77. The van der Waals surface area contributed by atoms with Crippen LogP contribution < -0.4 is 5.73 Å². The molecule has 0 saturated carbocycles. The molecule has 0 aromatic heterocycles. The lowest BCUT2D eigenvalue weighted by atomic mass is 9.99. The van der Waals surface area contributed by atoms with E-state index in [-0.39, 0.29) is 5.82 Å². The smallest absolute Gasteiger partial charge is 0.123 e. The Bertz CT molecular complexity index is 553. The van der Waals surface area contributed by atoms with E-state index in [0.29, 0.717) is 11.3 Å². The Morgan fingerprint density at radius 3 is 2.38 bits per heavy atom. The first-order chi connectivity index (χ1) is 7.72. The van der Waals surface area contributed by atoms with Crippen molar-refractivity contribution >= 4 is 5.69 Å². The minimum absolute atomic E-state index is 0.300. The van der Waals surface area contributed by atoms with Crippen LogP contribution in [0.3, 0.4) is 0 Å². The average Bonchev–Trinajstić information content (AvgIpc) is 2.30. The van der Waals surface area contributed by atoms with Crippen LogP contribution in [0.5, 0.6) is 0 Å². The van der Waals surface area contributed by atoms with Crippen LogP contribution in [-0.2, 0) is 0 Å². The van der Waals surface area contributed by atoms with E-state index in [1.165, 1.54) is 12.1 Å². The molecule has 0 atom stereocenters. The number of benzene rings is 2. The summed E-state index contributed by atoms with van der Waals surface area (Å²) in [4.78, 5) is 0. The molecule has 2 aromatic rings. The predicted molar refractivity (Wildman–Crippen MR) is 61.0 cm³/mol. The maximum absolute atomic E-state index is 12.8. The molecule has 0 unspecified atom stereocenters. The second-order valence-corrected chi connectivity index (χ2v) is 3.39. The summed E-state index contributed by atoms with van der Waals surface area (Å²) in [6, 6.07) is 13.3. The summed E-state index contributed by atoms with van der Waals surface area (Å²) in [5, 5.41) is 9.01. The second kappa shape index (κ2) is 4.03. The van der Waals surface area contributed by atoms with E-state index in [1.807, 2.05) is 0 Å². The van der Waals surface area contributed by atoms with Gasteiger partial charge in [-0.3, -0.25) is 0 Å². The van der Waals surface area contributed by atoms with Gasteiger partial charge in [0.15, 0.2) is 0 Å². The molecule has 0 bridgehead atoms. The largest absolute Gasteiger partial charge is 0.398 e. The zero-order valence-electron chi connectivity index (χ0n) is 8.44. The Morgan fingerprint density at radius 1 is 1.06 bits per heavy atom. The first-order valence-electron chi connectivity index (χ1n) is 4.77. The van der Waals surface area contributed by atoms with Gasteiger partial charge < -0.3 is 5.73 Å². The summed E-state index contributed by atoms with van der Waals surface area (Å²) in [5.74, 6) is -0.300. The highest BCUT2D eigenvalue weighted by atomic mass is 19.1. The Labute approximate surface area is 92.8 Å². The van der Waals surface area contributed by atoms with E-state index in [2.05, 4.69) is 6.07 Å². The normalized spacial score (nSPS) is 9.75. The number of nitrogen functional groups attached to an aromatic ring is 1. The van der Waals surface area contributed by atoms with Crippen molar-refractivity contribution in [2.24, 2.45) is 0 Å². The maximum Gasteiger partial charge on any atom is 0.123 e. The van der Waals surface area contributed by atoms with Crippen molar-refractivity contribution in [1.29, 1.82) is 5.26 Å². The van der Waals surface area contributed by atoms with E-state index < -0.39 is 0 Å². The zero-order valence-corrected chi connectivity index (χ0v) is 8.44. The molecule has 0 amide bonds. The molecule has 0 aliphatic heterocycles. The van der Waals surface area contributed by atoms with Crippen LogP contribution in [0, 0.1) is 17.1 Å². The number of hydrogen-bond acceptors (Lipinski definition) is 2. The van der Waals surface area contributed by atoms with Gasteiger partial charge in [0.1, 0.15) is 11.9 Å². The van der Waals surface area contributed by atoms with Crippen LogP contribution >= 0.6 is 0 Å². The molecule has 3 heteroatoms. The van der Waals surface area contributed by atoms with Gasteiger partial charge in [-0.05, 0) is 23.8 Å². The van der Waals surface area contributed by atoms with Crippen LogP contribution in [0.4, 0.5) is 10.1 Å². The lowest BCUT2D eigenvalue weighted by molar-refractivity contribution is 0.628. The summed E-state index contributed by atoms with van der Waals surface area (Å²) < 4.78 is 12.8. The Hall–Kier alpha value is -2.34. The Kier molecular flexibility index (Phi) is 2.57. The van der Waals surface area contributed by atoms with Crippen LogP contribution in [0.1, 0.15) is 5.56 Å². The van der Waals surface area contributed by atoms with Crippen molar-refractivity contribution in [2.45, 2.75) is 0 Å². The summed E-state index contributed by atoms with van der Waals surface area (Å²) in [6.45, 7) is 0. The Morgan fingerprint density at radius 2 is 1.75 bits per heavy atom. The summed E-state index contributed by atoms with van der Waals surface area (Å²) in [6.07, 6.45) is 0. The molecule has 0 fully saturated rings. The molecule has 2 aromatic carbocycles. The quantitative estimate of drug-likeness (QED) is 0.739. The topological polar surface area (TPSA) is 49.8 Å². The molecule has 0 aliphatic rings.